The van der Waals surface area contributed by atoms with Gasteiger partial charge in [-0.05, 0) is 80.4 Å². The molecule has 0 bridgehead atoms. The zero-order chi connectivity index (χ0) is 25.7. The highest BCUT2D eigenvalue weighted by atomic mass is 35.9. The first-order valence-electron chi connectivity index (χ1n) is 11.4. The van der Waals surface area contributed by atoms with E-state index in [0.717, 1.165) is 19.3 Å². The van der Waals surface area contributed by atoms with Crippen LogP contribution in [0.3, 0.4) is 0 Å². The molecule has 0 aromatic heterocycles. The lowest BCUT2D eigenvalue weighted by Gasteiger charge is -2.38. The highest BCUT2D eigenvalue weighted by molar-refractivity contribution is 8.15. The third-order valence-corrected chi connectivity index (χ3v) is 19.1. The Morgan fingerprint density at radius 3 is 2.14 bits per heavy atom. The number of hydrogen-bond donors (Lipinski definition) is 0. The number of carbonyl (C=O) groups excluding carboxylic acids is 1. The molecule has 2 atom stereocenters. The van der Waals surface area contributed by atoms with Crippen molar-refractivity contribution in [3.8, 4) is 0 Å². The molecule has 1 aliphatic heterocycles. The summed E-state index contributed by atoms with van der Waals surface area (Å²) in [6.45, 7) is 4.02. The van der Waals surface area contributed by atoms with E-state index in [2.05, 4.69) is 46.1 Å². The van der Waals surface area contributed by atoms with Gasteiger partial charge in [0.1, 0.15) is 0 Å². The van der Waals surface area contributed by atoms with Crippen LogP contribution in [-0.2, 0) is 9.53 Å². The standard InChI is InChI=1S/C22H33Cl3N5O2P3/c1-19(2)22(31)32-15-9-10-16-33(29(3)17-20-11-5-6-12-20)26-34(23,24)28-35(25,27-33)30(4)18-21-13-7-8-14-21/h5-8,11,13H,1,9-10,12,14-18H2,2-4H3. The first-order chi connectivity index (χ1) is 16.4. The third-order valence-electron chi connectivity index (χ3n) is 5.70. The quantitative estimate of drug-likeness (QED) is 0.0972. The summed E-state index contributed by atoms with van der Waals surface area (Å²) in [6, 6.07) is 0. The van der Waals surface area contributed by atoms with Crippen LogP contribution in [0.25, 0.3) is 0 Å². The van der Waals surface area contributed by atoms with Crippen LogP contribution in [0, 0.1) is 0 Å². The van der Waals surface area contributed by atoms with Crippen LogP contribution in [-0.4, -0.2) is 55.3 Å². The number of halogens is 3. The molecule has 0 aromatic carbocycles. The van der Waals surface area contributed by atoms with Crippen molar-refractivity contribution < 1.29 is 9.53 Å². The van der Waals surface area contributed by atoms with Gasteiger partial charge >= 0.3 is 5.97 Å². The molecule has 0 amide bonds. The molecule has 0 saturated heterocycles. The smallest absolute Gasteiger partial charge is 0.333 e. The summed E-state index contributed by atoms with van der Waals surface area (Å²) in [5.74, 6) is -3.43. The minimum absolute atomic E-state index is 0.305. The maximum absolute atomic E-state index is 11.7. The molecule has 7 nitrogen and oxygen atoms in total. The summed E-state index contributed by atoms with van der Waals surface area (Å²) in [7, 11) is 1.38. The number of rotatable bonds is 12. The molecule has 194 valence electrons. The Labute approximate surface area is 223 Å². The number of nitrogens with zero attached hydrogens (tertiary/aromatic N) is 5. The number of ether oxygens (including phenoxy) is 1. The zero-order valence-corrected chi connectivity index (χ0v) is 25.3. The van der Waals surface area contributed by atoms with Crippen molar-refractivity contribution in [3.63, 3.8) is 0 Å². The van der Waals surface area contributed by atoms with E-state index < -0.39 is 20.0 Å². The van der Waals surface area contributed by atoms with Gasteiger partial charge in [0, 0.05) is 24.8 Å². The maximum atomic E-state index is 11.7. The number of esters is 1. The van der Waals surface area contributed by atoms with E-state index in [1.54, 1.807) is 6.92 Å². The fraction of sp³-hybridized carbons (Fsp3) is 0.500. The minimum Gasteiger partial charge on any atom is -0.462 e. The molecule has 0 spiro atoms. The van der Waals surface area contributed by atoms with Gasteiger partial charge in [-0.15, -0.1) is 0 Å². The molecule has 0 aromatic rings. The second-order valence-corrected chi connectivity index (χ2v) is 20.8. The minimum atomic E-state index is -3.04. The number of hydrogen-bond acceptors (Lipinski definition) is 7. The molecular formula is C22H33Cl3N5O2P3. The van der Waals surface area contributed by atoms with Gasteiger partial charge in [-0.2, -0.15) is 13.5 Å². The molecule has 35 heavy (non-hydrogen) atoms. The Hall–Kier alpha value is -0.350. The monoisotopic (exact) mass is 597 g/mol. The summed E-state index contributed by atoms with van der Waals surface area (Å²) in [6.07, 6.45) is 16.4. The molecule has 0 N–H and O–H groups in total. The summed E-state index contributed by atoms with van der Waals surface area (Å²) < 4.78 is 24.2. The molecular weight excluding hydrogens is 566 g/mol. The number of carbonyl (C=O) groups is 1. The third kappa shape index (κ3) is 8.06. The van der Waals surface area contributed by atoms with E-state index in [9.17, 15) is 4.79 Å². The first kappa shape index (κ1) is 29.2. The average molecular weight is 599 g/mol. The zero-order valence-electron chi connectivity index (χ0n) is 20.4. The van der Waals surface area contributed by atoms with Gasteiger partial charge in [0.05, 0.1) is 6.61 Å². The normalized spacial score (nSPS) is 26.7. The van der Waals surface area contributed by atoms with Crippen molar-refractivity contribution in [1.29, 1.82) is 0 Å². The molecule has 3 aliphatic rings. The van der Waals surface area contributed by atoms with Crippen molar-refractivity contribution in [1.82, 2.24) is 9.34 Å². The molecule has 0 saturated carbocycles. The van der Waals surface area contributed by atoms with E-state index >= 15 is 0 Å². The molecule has 1 heterocycles. The van der Waals surface area contributed by atoms with Gasteiger partial charge in [-0.3, -0.25) is 4.67 Å². The molecule has 0 fully saturated rings. The van der Waals surface area contributed by atoms with E-state index in [1.807, 2.05) is 24.8 Å². The van der Waals surface area contributed by atoms with Crippen LogP contribution in [0.1, 0.15) is 32.6 Å². The molecule has 0 radical (unpaired) electrons. The van der Waals surface area contributed by atoms with Crippen LogP contribution < -0.4 is 0 Å². The van der Waals surface area contributed by atoms with Crippen LogP contribution in [0.4, 0.5) is 0 Å². The molecule has 3 rings (SSSR count). The predicted octanol–water partition coefficient (Wildman–Crippen LogP) is 9.18. The number of likely N-dealkylation sites (N-methyl/N-ethyl adjacent to an activating group) is 2. The Morgan fingerprint density at radius 2 is 1.60 bits per heavy atom. The van der Waals surface area contributed by atoms with E-state index in [4.69, 9.17) is 47.5 Å². The summed E-state index contributed by atoms with van der Waals surface area (Å²) in [5, 5.41) is 0. The average Bonchev–Trinajstić information content (AvgIpc) is 3.46. The van der Waals surface area contributed by atoms with Crippen LogP contribution >= 0.6 is 53.7 Å². The largest absolute Gasteiger partial charge is 0.462 e. The van der Waals surface area contributed by atoms with Gasteiger partial charge in [0.25, 0.3) is 5.91 Å². The SMILES string of the molecule is C=C(C)C(=O)OCCCCP1(N(C)CC2=CC=CC2)=NP(Cl)(Cl)=NP(Cl)(N(C)CC2=CC=CC2)=N1. The van der Waals surface area contributed by atoms with Crippen molar-refractivity contribution in [2.75, 3.05) is 40.0 Å². The van der Waals surface area contributed by atoms with Crippen molar-refractivity contribution in [3.05, 3.63) is 59.8 Å². The van der Waals surface area contributed by atoms with Crippen molar-refractivity contribution in [2.24, 2.45) is 13.5 Å². The van der Waals surface area contributed by atoms with Crippen molar-refractivity contribution in [2.45, 2.75) is 32.6 Å². The lowest BCUT2D eigenvalue weighted by atomic mass is 10.2. The second-order valence-electron chi connectivity index (χ2n) is 8.80. The maximum Gasteiger partial charge on any atom is 0.333 e. The number of unbranched alkanes of at least 4 members (excludes halogenated alkanes) is 1. The Balaban J connectivity index is 1.88. The lowest BCUT2D eigenvalue weighted by Crippen LogP contribution is -2.21. The van der Waals surface area contributed by atoms with Crippen LogP contribution in [0.5, 0.6) is 0 Å². The fourth-order valence-electron chi connectivity index (χ4n) is 3.80. The van der Waals surface area contributed by atoms with E-state index in [0.29, 0.717) is 37.9 Å². The van der Waals surface area contributed by atoms with Gasteiger partial charge in [0.15, 0.2) is 7.36 Å². The second kappa shape index (κ2) is 12.5. The lowest BCUT2D eigenvalue weighted by molar-refractivity contribution is -0.139. The summed E-state index contributed by atoms with van der Waals surface area (Å²) in [4.78, 5) is 11.7. The number of allylic oxidation sites excluding steroid dienone is 6. The highest BCUT2D eigenvalue weighted by Crippen LogP contribution is 2.84. The van der Waals surface area contributed by atoms with Gasteiger partial charge in [0.2, 0.25) is 6.71 Å². The van der Waals surface area contributed by atoms with E-state index in [-0.39, 0.29) is 5.97 Å². The van der Waals surface area contributed by atoms with Crippen molar-refractivity contribution >= 4 is 59.7 Å². The summed E-state index contributed by atoms with van der Waals surface area (Å²) in [5.41, 5.74) is 2.90. The molecule has 13 heteroatoms. The van der Waals surface area contributed by atoms with Gasteiger partial charge in [-0.25, -0.2) is 9.46 Å². The topological polar surface area (TPSA) is 69.9 Å². The Kier molecular flexibility index (Phi) is 10.4. The van der Waals surface area contributed by atoms with Gasteiger partial charge < -0.3 is 4.74 Å². The van der Waals surface area contributed by atoms with E-state index in [1.165, 1.54) is 11.1 Å². The molecule has 2 aliphatic carbocycles. The van der Waals surface area contributed by atoms with Gasteiger partial charge in [-0.1, -0.05) is 54.2 Å². The summed E-state index contributed by atoms with van der Waals surface area (Å²) >= 11 is 20.7. The first-order valence-corrected chi connectivity index (χ1v) is 19.3. The Bertz CT molecular complexity index is 1150. The molecule has 2 unspecified atom stereocenters. The highest BCUT2D eigenvalue weighted by Gasteiger charge is 2.39. The van der Waals surface area contributed by atoms with Crippen LogP contribution in [0.15, 0.2) is 73.3 Å². The van der Waals surface area contributed by atoms with Crippen LogP contribution in [0.2, 0.25) is 0 Å². The predicted molar refractivity (Wildman–Crippen MR) is 154 cm³/mol. The fourth-order valence-corrected chi connectivity index (χ4v) is 20.1. The Morgan fingerprint density at radius 1 is 1.00 bits per heavy atom.